The van der Waals surface area contributed by atoms with E-state index >= 15 is 0 Å². The van der Waals surface area contributed by atoms with E-state index in [1.807, 2.05) is 0 Å². The van der Waals surface area contributed by atoms with Gasteiger partial charge in [-0.05, 0) is 43.0 Å². The van der Waals surface area contributed by atoms with Crippen LogP contribution in [0, 0.1) is 0 Å². The van der Waals surface area contributed by atoms with E-state index in [0.29, 0.717) is 16.1 Å². The molecular formula is C18H15N3O4S2. The Morgan fingerprint density at radius 3 is 2.85 bits per heavy atom. The molecule has 1 aliphatic carbocycles. The van der Waals surface area contributed by atoms with E-state index < -0.39 is 12.0 Å². The number of carbonyl (C=O) groups excluding carboxylic acids is 3. The van der Waals surface area contributed by atoms with Crippen molar-refractivity contribution in [3.8, 4) is 0 Å². The van der Waals surface area contributed by atoms with Gasteiger partial charge in [0.15, 0.2) is 0 Å². The molecule has 2 aromatic heterocycles. The predicted octanol–water partition coefficient (Wildman–Crippen LogP) is 3.60. The Hall–Kier alpha value is -2.78. The molecule has 0 fully saturated rings. The Balaban J connectivity index is 1.64. The highest BCUT2D eigenvalue weighted by atomic mass is 32.1. The molecule has 0 atom stereocenters. The SMILES string of the molecule is COC(=O)NC(=O)c1c(NC(=O)c2ccc3ncsc3c2)sc2c1CCC2. The van der Waals surface area contributed by atoms with Crippen molar-refractivity contribution in [1.29, 1.82) is 0 Å². The normalized spacial score (nSPS) is 12.6. The maximum absolute atomic E-state index is 12.7. The van der Waals surface area contributed by atoms with Crippen LogP contribution >= 0.6 is 22.7 Å². The number of carbonyl (C=O) groups is 3. The first-order chi connectivity index (χ1) is 13.1. The van der Waals surface area contributed by atoms with Gasteiger partial charge in [-0.3, -0.25) is 14.9 Å². The molecule has 0 radical (unpaired) electrons. The van der Waals surface area contributed by atoms with Crippen molar-refractivity contribution in [3.63, 3.8) is 0 Å². The predicted molar refractivity (Wildman–Crippen MR) is 104 cm³/mol. The summed E-state index contributed by atoms with van der Waals surface area (Å²) in [6.07, 6.45) is 1.74. The van der Waals surface area contributed by atoms with Crippen LogP contribution in [-0.4, -0.2) is 30.0 Å². The van der Waals surface area contributed by atoms with Crippen LogP contribution in [0.15, 0.2) is 23.7 Å². The first-order valence-corrected chi connectivity index (χ1v) is 9.95. The lowest BCUT2D eigenvalue weighted by atomic mass is 10.1. The fourth-order valence-electron chi connectivity index (χ4n) is 3.11. The highest BCUT2D eigenvalue weighted by molar-refractivity contribution is 7.17. The number of thiophene rings is 1. The Morgan fingerprint density at radius 1 is 1.19 bits per heavy atom. The fourth-order valence-corrected chi connectivity index (χ4v) is 5.11. The van der Waals surface area contributed by atoms with Gasteiger partial charge in [0.1, 0.15) is 5.00 Å². The van der Waals surface area contributed by atoms with Gasteiger partial charge in [-0.2, -0.15) is 0 Å². The van der Waals surface area contributed by atoms with Crippen LogP contribution in [0.5, 0.6) is 0 Å². The molecule has 0 unspecified atom stereocenters. The molecule has 1 aliphatic rings. The largest absolute Gasteiger partial charge is 0.453 e. The molecule has 0 spiro atoms. The molecule has 9 heteroatoms. The minimum absolute atomic E-state index is 0.308. The Kier molecular flexibility index (Phi) is 4.63. The molecule has 4 rings (SSSR count). The molecular weight excluding hydrogens is 386 g/mol. The van der Waals surface area contributed by atoms with Crippen LogP contribution in [-0.2, 0) is 17.6 Å². The van der Waals surface area contributed by atoms with Gasteiger partial charge in [0, 0.05) is 10.4 Å². The lowest BCUT2D eigenvalue weighted by Gasteiger charge is -2.08. The van der Waals surface area contributed by atoms with Crippen molar-refractivity contribution in [1.82, 2.24) is 10.3 Å². The van der Waals surface area contributed by atoms with Crippen LogP contribution in [0.25, 0.3) is 10.2 Å². The second-order valence-corrected chi connectivity index (χ2v) is 7.99. The summed E-state index contributed by atoms with van der Waals surface area (Å²) < 4.78 is 5.42. The molecule has 2 N–H and O–H groups in total. The zero-order valence-corrected chi connectivity index (χ0v) is 16.0. The number of hydrogen-bond donors (Lipinski definition) is 2. The molecule has 3 amide bonds. The number of alkyl carbamates (subject to hydrolysis) is 1. The number of aromatic nitrogens is 1. The fraction of sp³-hybridized carbons (Fsp3) is 0.222. The zero-order chi connectivity index (χ0) is 19.0. The number of hydrogen-bond acceptors (Lipinski definition) is 7. The van der Waals surface area contributed by atoms with Crippen molar-refractivity contribution in [2.75, 3.05) is 12.4 Å². The minimum Gasteiger partial charge on any atom is -0.453 e. The molecule has 0 saturated carbocycles. The lowest BCUT2D eigenvalue weighted by molar-refractivity contribution is 0.0937. The maximum Gasteiger partial charge on any atom is 0.413 e. The van der Waals surface area contributed by atoms with Gasteiger partial charge in [0.25, 0.3) is 11.8 Å². The number of aryl methyl sites for hydroxylation is 1. The zero-order valence-electron chi connectivity index (χ0n) is 14.3. The summed E-state index contributed by atoms with van der Waals surface area (Å²) in [6.45, 7) is 0. The molecule has 1 aromatic carbocycles. The summed E-state index contributed by atoms with van der Waals surface area (Å²) in [7, 11) is 1.19. The minimum atomic E-state index is -0.828. The molecule has 3 aromatic rings. The number of imide groups is 1. The number of amides is 3. The van der Waals surface area contributed by atoms with Gasteiger partial charge in [0.2, 0.25) is 0 Å². The van der Waals surface area contributed by atoms with Gasteiger partial charge in [-0.25, -0.2) is 9.78 Å². The number of ether oxygens (including phenoxy) is 1. The highest BCUT2D eigenvalue weighted by Gasteiger charge is 2.28. The lowest BCUT2D eigenvalue weighted by Crippen LogP contribution is -2.31. The number of nitrogens with one attached hydrogen (secondary N) is 2. The smallest absolute Gasteiger partial charge is 0.413 e. The average molecular weight is 401 g/mol. The standard InChI is InChI=1S/C18H15N3O4S2/c1-25-18(24)21-16(23)14-10-3-2-4-12(10)27-17(14)20-15(22)9-5-6-11-13(7-9)26-8-19-11/h5-8H,2-4H2,1H3,(H,20,22)(H,21,23,24). The number of methoxy groups -OCH3 is 1. The van der Waals surface area contributed by atoms with Crippen LogP contribution in [0.1, 0.15) is 37.6 Å². The van der Waals surface area contributed by atoms with Gasteiger partial charge in [0.05, 0.1) is 28.4 Å². The van der Waals surface area contributed by atoms with Crippen LogP contribution in [0.4, 0.5) is 9.80 Å². The molecule has 0 saturated heterocycles. The second-order valence-electron chi connectivity index (χ2n) is 6.00. The van der Waals surface area contributed by atoms with Crippen molar-refractivity contribution in [2.45, 2.75) is 19.3 Å². The number of benzene rings is 1. The Labute approximate surface area is 162 Å². The average Bonchev–Trinajstić information content (AvgIpc) is 3.35. The van der Waals surface area contributed by atoms with Crippen molar-refractivity contribution < 1.29 is 19.1 Å². The topological polar surface area (TPSA) is 97.4 Å². The van der Waals surface area contributed by atoms with Gasteiger partial charge in [-0.1, -0.05) is 0 Å². The second kappa shape index (κ2) is 7.09. The van der Waals surface area contributed by atoms with Crippen molar-refractivity contribution in [2.24, 2.45) is 0 Å². The van der Waals surface area contributed by atoms with E-state index in [1.54, 1.807) is 23.7 Å². The third kappa shape index (κ3) is 3.31. The van der Waals surface area contributed by atoms with Crippen molar-refractivity contribution in [3.05, 3.63) is 45.3 Å². The van der Waals surface area contributed by atoms with E-state index in [0.717, 1.165) is 39.9 Å². The monoisotopic (exact) mass is 401 g/mol. The number of rotatable bonds is 3. The van der Waals surface area contributed by atoms with E-state index in [-0.39, 0.29) is 5.91 Å². The number of fused-ring (bicyclic) bond motifs is 2. The van der Waals surface area contributed by atoms with Crippen molar-refractivity contribution >= 4 is 55.8 Å². The molecule has 0 bridgehead atoms. The number of thiazole rings is 1. The summed E-state index contributed by atoms with van der Waals surface area (Å²) in [5.74, 6) is -0.869. The Morgan fingerprint density at radius 2 is 2.04 bits per heavy atom. The molecule has 2 heterocycles. The molecule has 27 heavy (non-hydrogen) atoms. The quantitative estimate of drug-likeness (QED) is 0.699. The van der Waals surface area contributed by atoms with Crippen LogP contribution < -0.4 is 10.6 Å². The molecule has 7 nitrogen and oxygen atoms in total. The number of anilines is 1. The third-order valence-corrected chi connectivity index (χ3v) is 6.37. The van der Waals surface area contributed by atoms with E-state index in [2.05, 4.69) is 20.4 Å². The van der Waals surface area contributed by atoms with Gasteiger partial charge < -0.3 is 10.1 Å². The van der Waals surface area contributed by atoms with Gasteiger partial charge in [-0.15, -0.1) is 22.7 Å². The molecule has 0 aliphatic heterocycles. The van der Waals surface area contributed by atoms with E-state index in [9.17, 15) is 14.4 Å². The first kappa shape index (κ1) is 17.6. The third-order valence-electron chi connectivity index (χ3n) is 4.37. The summed E-state index contributed by atoms with van der Waals surface area (Å²) in [6, 6.07) is 5.27. The number of nitrogens with zero attached hydrogens (tertiary/aromatic N) is 1. The van der Waals surface area contributed by atoms with E-state index in [4.69, 9.17) is 0 Å². The van der Waals surface area contributed by atoms with E-state index in [1.165, 1.54) is 29.8 Å². The van der Waals surface area contributed by atoms with Gasteiger partial charge >= 0.3 is 6.09 Å². The summed E-state index contributed by atoms with van der Waals surface area (Å²) in [5.41, 5.74) is 4.30. The summed E-state index contributed by atoms with van der Waals surface area (Å²) in [5, 5.41) is 5.47. The van der Waals surface area contributed by atoms with Crippen LogP contribution in [0.3, 0.4) is 0 Å². The highest BCUT2D eigenvalue weighted by Crippen LogP contribution is 2.39. The maximum atomic E-state index is 12.7. The first-order valence-electron chi connectivity index (χ1n) is 8.25. The van der Waals surface area contributed by atoms with Crippen LogP contribution in [0.2, 0.25) is 0 Å². The summed E-state index contributed by atoms with van der Waals surface area (Å²) >= 11 is 2.84. The summed E-state index contributed by atoms with van der Waals surface area (Å²) in [4.78, 5) is 42.0. The molecule has 138 valence electrons. The Bertz CT molecular complexity index is 1070.